The number of furan rings is 1. The summed E-state index contributed by atoms with van der Waals surface area (Å²) in [6.07, 6.45) is -0.567. The fourth-order valence-corrected chi connectivity index (χ4v) is 2.51. The molecule has 0 aliphatic carbocycles. The third-order valence-corrected chi connectivity index (χ3v) is 3.73. The summed E-state index contributed by atoms with van der Waals surface area (Å²) in [4.78, 5) is 0. The zero-order valence-corrected chi connectivity index (χ0v) is 14.3. The summed E-state index contributed by atoms with van der Waals surface area (Å²) in [5.41, 5.74) is 0.830. The molecule has 0 radical (unpaired) electrons. The average Bonchev–Trinajstić information content (AvgIpc) is 3.00. The van der Waals surface area contributed by atoms with Gasteiger partial charge in [-0.25, -0.2) is 0 Å². The average molecular weight is 341 g/mol. The van der Waals surface area contributed by atoms with E-state index in [9.17, 15) is 5.11 Å². The molecule has 0 saturated carbocycles. The topological polar surface area (TPSA) is 63.9 Å². The van der Waals surface area contributed by atoms with Gasteiger partial charge in [0.1, 0.15) is 42.2 Å². The maximum Gasteiger partial charge on any atom is 0.137 e. The molecule has 2 aromatic carbocycles. The van der Waals surface area contributed by atoms with Crippen molar-refractivity contribution < 1.29 is 19.0 Å². The number of para-hydroxylation sites is 1. The maximum atomic E-state index is 9.91. The van der Waals surface area contributed by atoms with E-state index in [-0.39, 0.29) is 6.61 Å². The molecule has 1 heterocycles. The second-order valence-corrected chi connectivity index (χ2v) is 5.89. The Labute approximate surface area is 147 Å². The van der Waals surface area contributed by atoms with Crippen molar-refractivity contribution in [2.75, 3.05) is 26.3 Å². The molecule has 2 N–H and O–H groups in total. The Hall–Kier alpha value is -2.50. The highest BCUT2D eigenvalue weighted by Gasteiger charge is 2.05. The lowest BCUT2D eigenvalue weighted by atomic mass is 10.2. The van der Waals surface area contributed by atoms with Gasteiger partial charge in [-0.2, -0.15) is 0 Å². The Balaban J connectivity index is 1.32. The number of fused-ring (bicyclic) bond motifs is 1. The minimum absolute atomic E-state index is 0.256. The number of rotatable bonds is 9. The van der Waals surface area contributed by atoms with Crippen molar-refractivity contribution in [3.63, 3.8) is 0 Å². The number of hydrogen-bond acceptors (Lipinski definition) is 5. The van der Waals surface area contributed by atoms with Crippen molar-refractivity contribution in [1.82, 2.24) is 5.32 Å². The number of hydrogen-bond donors (Lipinski definition) is 2. The van der Waals surface area contributed by atoms with E-state index in [4.69, 9.17) is 13.9 Å². The molecule has 0 unspecified atom stereocenters. The van der Waals surface area contributed by atoms with E-state index in [2.05, 4.69) is 5.32 Å². The summed E-state index contributed by atoms with van der Waals surface area (Å²) in [5.74, 6) is 2.42. The van der Waals surface area contributed by atoms with Crippen molar-refractivity contribution >= 4 is 11.0 Å². The lowest BCUT2D eigenvalue weighted by Crippen LogP contribution is -2.33. The van der Waals surface area contributed by atoms with Crippen molar-refractivity contribution in [2.24, 2.45) is 0 Å². The zero-order valence-electron chi connectivity index (χ0n) is 14.3. The molecule has 0 amide bonds. The highest BCUT2D eigenvalue weighted by atomic mass is 16.5. The van der Waals surface area contributed by atoms with Crippen LogP contribution in [-0.2, 0) is 0 Å². The highest BCUT2D eigenvalue weighted by molar-refractivity contribution is 5.79. The Morgan fingerprint density at radius 3 is 2.72 bits per heavy atom. The van der Waals surface area contributed by atoms with Gasteiger partial charge < -0.3 is 24.3 Å². The third kappa shape index (κ3) is 5.24. The van der Waals surface area contributed by atoms with Crippen LogP contribution in [0.3, 0.4) is 0 Å². The monoisotopic (exact) mass is 341 g/mol. The van der Waals surface area contributed by atoms with Crippen molar-refractivity contribution in [1.29, 1.82) is 0 Å². The Kier molecular flexibility index (Phi) is 5.93. The molecule has 5 nitrogen and oxygen atoms in total. The number of aryl methyl sites for hydroxylation is 1. The molecular weight excluding hydrogens is 318 g/mol. The minimum atomic E-state index is -0.567. The Morgan fingerprint density at radius 2 is 1.88 bits per heavy atom. The fourth-order valence-electron chi connectivity index (χ4n) is 2.51. The van der Waals surface area contributed by atoms with Crippen LogP contribution in [0.15, 0.2) is 59.0 Å². The highest BCUT2D eigenvalue weighted by Crippen LogP contribution is 2.23. The van der Waals surface area contributed by atoms with Gasteiger partial charge in [0, 0.05) is 24.5 Å². The zero-order chi connectivity index (χ0) is 17.5. The van der Waals surface area contributed by atoms with Gasteiger partial charge >= 0.3 is 0 Å². The van der Waals surface area contributed by atoms with Crippen molar-refractivity contribution in [3.05, 3.63) is 60.4 Å². The van der Waals surface area contributed by atoms with E-state index in [1.54, 1.807) is 0 Å². The molecule has 25 heavy (non-hydrogen) atoms. The van der Waals surface area contributed by atoms with Gasteiger partial charge in [0.25, 0.3) is 0 Å². The first-order valence-electron chi connectivity index (χ1n) is 8.40. The van der Waals surface area contributed by atoms with E-state index in [0.29, 0.717) is 19.7 Å². The standard InChI is InChI=1S/C20H23NO4/c1-15-11-16-7-8-19(12-20(16)25-15)23-10-9-21-13-17(22)14-24-18-5-3-2-4-6-18/h2-8,11-12,17,21-22H,9-10,13-14H2,1H3/t17-/m0/s1. The lowest BCUT2D eigenvalue weighted by Gasteiger charge is -2.13. The van der Waals surface area contributed by atoms with Gasteiger partial charge in [0.05, 0.1) is 0 Å². The Bertz CT molecular complexity index is 785. The number of aliphatic hydroxyl groups is 1. The predicted molar refractivity (Wildman–Crippen MR) is 97.3 cm³/mol. The van der Waals surface area contributed by atoms with E-state index in [1.165, 1.54) is 0 Å². The fraction of sp³-hybridized carbons (Fsp3) is 0.300. The van der Waals surface area contributed by atoms with Gasteiger partial charge in [0.15, 0.2) is 0 Å². The molecular formula is C20H23NO4. The van der Waals surface area contributed by atoms with Gasteiger partial charge in [-0.1, -0.05) is 18.2 Å². The molecule has 3 aromatic rings. The number of nitrogens with one attached hydrogen (secondary N) is 1. The molecule has 0 saturated heterocycles. The van der Waals surface area contributed by atoms with E-state index in [1.807, 2.05) is 61.5 Å². The molecule has 0 spiro atoms. The molecule has 0 fully saturated rings. The molecule has 3 rings (SSSR count). The summed E-state index contributed by atoms with van der Waals surface area (Å²) in [7, 11) is 0. The number of aliphatic hydroxyl groups excluding tert-OH is 1. The first-order valence-corrected chi connectivity index (χ1v) is 8.40. The van der Waals surface area contributed by atoms with Crippen LogP contribution in [0, 0.1) is 6.92 Å². The smallest absolute Gasteiger partial charge is 0.137 e. The second-order valence-electron chi connectivity index (χ2n) is 5.89. The predicted octanol–water partition coefficient (Wildman–Crippen LogP) is 3.15. The molecule has 1 atom stereocenters. The first-order chi connectivity index (χ1) is 12.2. The van der Waals surface area contributed by atoms with E-state index >= 15 is 0 Å². The van der Waals surface area contributed by atoms with E-state index < -0.39 is 6.10 Å². The Morgan fingerprint density at radius 1 is 1.04 bits per heavy atom. The largest absolute Gasteiger partial charge is 0.492 e. The number of benzene rings is 2. The normalized spacial score (nSPS) is 12.2. The summed E-state index contributed by atoms with van der Waals surface area (Å²) >= 11 is 0. The van der Waals surface area contributed by atoms with Gasteiger partial charge in [-0.3, -0.25) is 0 Å². The van der Waals surface area contributed by atoms with Crippen molar-refractivity contribution in [3.8, 4) is 11.5 Å². The summed E-state index contributed by atoms with van der Waals surface area (Å²) in [6.45, 7) is 3.78. The quantitative estimate of drug-likeness (QED) is 0.586. The van der Waals surface area contributed by atoms with Crippen LogP contribution < -0.4 is 14.8 Å². The van der Waals surface area contributed by atoms with Crippen LogP contribution in [0.5, 0.6) is 11.5 Å². The summed E-state index contributed by atoms with van der Waals surface area (Å²) in [6, 6.07) is 17.3. The SMILES string of the molecule is Cc1cc2ccc(OCCNC[C@H](O)COc3ccccc3)cc2o1. The first kappa shape index (κ1) is 17.3. The molecule has 5 heteroatoms. The summed E-state index contributed by atoms with van der Waals surface area (Å²) in [5, 5.41) is 14.1. The van der Waals surface area contributed by atoms with Crippen LogP contribution >= 0.6 is 0 Å². The van der Waals surface area contributed by atoms with Gasteiger partial charge in [-0.15, -0.1) is 0 Å². The van der Waals surface area contributed by atoms with Crippen LogP contribution in [0.4, 0.5) is 0 Å². The molecule has 0 bridgehead atoms. The van der Waals surface area contributed by atoms with Gasteiger partial charge in [-0.05, 0) is 37.3 Å². The third-order valence-electron chi connectivity index (χ3n) is 3.73. The molecule has 1 aromatic heterocycles. The summed E-state index contributed by atoms with van der Waals surface area (Å²) < 4.78 is 16.8. The van der Waals surface area contributed by atoms with Crippen LogP contribution in [0.1, 0.15) is 5.76 Å². The molecule has 0 aliphatic heterocycles. The second kappa shape index (κ2) is 8.55. The molecule has 0 aliphatic rings. The number of ether oxygens (including phenoxy) is 2. The van der Waals surface area contributed by atoms with Crippen molar-refractivity contribution in [2.45, 2.75) is 13.0 Å². The van der Waals surface area contributed by atoms with Crippen LogP contribution in [0.25, 0.3) is 11.0 Å². The van der Waals surface area contributed by atoms with Gasteiger partial charge in [0.2, 0.25) is 0 Å². The lowest BCUT2D eigenvalue weighted by molar-refractivity contribution is 0.105. The maximum absolute atomic E-state index is 9.91. The van der Waals surface area contributed by atoms with Crippen LogP contribution in [0.2, 0.25) is 0 Å². The molecule has 132 valence electrons. The van der Waals surface area contributed by atoms with Crippen LogP contribution in [-0.4, -0.2) is 37.5 Å². The minimum Gasteiger partial charge on any atom is -0.492 e. The van der Waals surface area contributed by atoms with E-state index in [0.717, 1.165) is 28.2 Å².